The molecule has 0 radical (unpaired) electrons. The summed E-state index contributed by atoms with van der Waals surface area (Å²) in [7, 11) is 1.82. The monoisotopic (exact) mass is 276 g/mol. The Labute approximate surface area is 123 Å². The summed E-state index contributed by atoms with van der Waals surface area (Å²) in [6.45, 7) is 8.69. The van der Waals surface area contributed by atoms with Crippen molar-refractivity contribution in [1.29, 1.82) is 0 Å². The Morgan fingerprint density at radius 1 is 1.30 bits per heavy atom. The van der Waals surface area contributed by atoms with E-state index < -0.39 is 0 Å². The lowest BCUT2D eigenvalue weighted by atomic mass is 10.0. The fourth-order valence-electron chi connectivity index (χ4n) is 2.82. The molecule has 112 valence electrons. The standard InChI is InChI=1S/C17H28N2O/c1-4-9-18-13-15-5-6-16(12-14(15)2)19-10-7-17(20-3)8-11-19/h5-6,12,17-18H,4,7-11,13H2,1-3H3. The van der Waals surface area contributed by atoms with Crippen LogP contribution in [0.3, 0.4) is 0 Å². The number of hydrogen-bond acceptors (Lipinski definition) is 3. The molecule has 0 aromatic heterocycles. The lowest BCUT2D eigenvalue weighted by Gasteiger charge is -2.33. The van der Waals surface area contributed by atoms with Crippen molar-refractivity contribution in [2.75, 3.05) is 31.6 Å². The van der Waals surface area contributed by atoms with Crippen LogP contribution in [-0.2, 0) is 11.3 Å². The summed E-state index contributed by atoms with van der Waals surface area (Å²) in [4.78, 5) is 2.48. The van der Waals surface area contributed by atoms with Gasteiger partial charge in [0.2, 0.25) is 0 Å². The van der Waals surface area contributed by atoms with Crippen molar-refractivity contribution in [3.05, 3.63) is 29.3 Å². The molecule has 0 aliphatic carbocycles. The fraction of sp³-hybridized carbons (Fsp3) is 0.647. The first-order chi connectivity index (χ1) is 9.74. The number of aryl methyl sites for hydroxylation is 1. The molecule has 0 spiro atoms. The zero-order chi connectivity index (χ0) is 14.4. The van der Waals surface area contributed by atoms with E-state index in [4.69, 9.17) is 4.74 Å². The molecule has 1 aromatic carbocycles. The average molecular weight is 276 g/mol. The van der Waals surface area contributed by atoms with Gasteiger partial charge in [-0.25, -0.2) is 0 Å². The first kappa shape index (κ1) is 15.3. The smallest absolute Gasteiger partial charge is 0.0605 e. The van der Waals surface area contributed by atoms with Crippen LogP contribution in [0.15, 0.2) is 18.2 Å². The topological polar surface area (TPSA) is 24.5 Å². The van der Waals surface area contributed by atoms with Crippen molar-refractivity contribution in [3.8, 4) is 0 Å². The van der Waals surface area contributed by atoms with Gasteiger partial charge in [0.05, 0.1) is 6.10 Å². The number of rotatable bonds is 6. The number of hydrogen-bond donors (Lipinski definition) is 1. The molecule has 0 bridgehead atoms. The molecule has 3 nitrogen and oxygen atoms in total. The number of ether oxygens (including phenoxy) is 1. The second-order valence-corrected chi connectivity index (χ2v) is 5.71. The van der Waals surface area contributed by atoms with Gasteiger partial charge < -0.3 is 15.0 Å². The SMILES string of the molecule is CCCNCc1ccc(N2CCC(OC)CC2)cc1C. The van der Waals surface area contributed by atoms with Gasteiger partial charge in [-0.15, -0.1) is 0 Å². The third kappa shape index (κ3) is 3.97. The summed E-state index contributed by atoms with van der Waals surface area (Å²) < 4.78 is 5.44. The largest absolute Gasteiger partial charge is 0.381 e. The van der Waals surface area contributed by atoms with E-state index in [-0.39, 0.29) is 0 Å². The van der Waals surface area contributed by atoms with Gasteiger partial charge in [-0.1, -0.05) is 13.0 Å². The maximum Gasteiger partial charge on any atom is 0.0605 e. The molecule has 0 saturated carbocycles. The van der Waals surface area contributed by atoms with E-state index in [1.165, 1.54) is 23.2 Å². The Bertz CT molecular complexity index is 411. The molecule has 0 unspecified atom stereocenters. The van der Waals surface area contributed by atoms with E-state index in [0.29, 0.717) is 6.10 Å². The van der Waals surface area contributed by atoms with Crippen LogP contribution in [0.4, 0.5) is 5.69 Å². The Kier molecular flexibility index (Phi) is 5.86. The average Bonchev–Trinajstić information content (AvgIpc) is 2.49. The summed E-state index contributed by atoms with van der Waals surface area (Å²) >= 11 is 0. The molecule has 2 rings (SSSR count). The highest BCUT2D eigenvalue weighted by molar-refractivity contribution is 5.51. The highest BCUT2D eigenvalue weighted by atomic mass is 16.5. The fourth-order valence-corrected chi connectivity index (χ4v) is 2.82. The predicted octanol–water partition coefficient (Wildman–Crippen LogP) is 3.11. The summed E-state index contributed by atoms with van der Waals surface area (Å²) in [6, 6.07) is 6.87. The van der Waals surface area contributed by atoms with Crippen LogP contribution in [0.1, 0.15) is 37.3 Å². The van der Waals surface area contributed by atoms with Gasteiger partial charge in [0.1, 0.15) is 0 Å². The van der Waals surface area contributed by atoms with Crippen LogP contribution in [0.2, 0.25) is 0 Å². The van der Waals surface area contributed by atoms with Crippen molar-refractivity contribution in [3.63, 3.8) is 0 Å². The second kappa shape index (κ2) is 7.65. The Balaban J connectivity index is 1.95. The van der Waals surface area contributed by atoms with Crippen LogP contribution in [0.25, 0.3) is 0 Å². The third-order valence-electron chi connectivity index (χ3n) is 4.21. The number of benzene rings is 1. The number of anilines is 1. The highest BCUT2D eigenvalue weighted by Crippen LogP contribution is 2.23. The molecule has 1 aliphatic heterocycles. The third-order valence-corrected chi connectivity index (χ3v) is 4.21. The molecule has 1 saturated heterocycles. The van der Waals surface area contributed by atoms with Gasteiger partial charge in [0.25, 0.3) is 0 Å². The lowest BCUT2D eigenvalue weighted by Crippen LogP contribution is -2.36. The molecule has 3 heteroatoms. The minimum absolute atomic E-state index is 0.449. The number of nitrogens with zero attached hydrogens (tertiary/aromatic N) is 1. The van der Waals surface area contributed by atoms with Crippen molar-refractivity contribution in [1.82, 2.24) is 5.32 Å². The molecule has 1 N–H and O–H groups in total. The second-order valence-electron chi connectivity index (χ2n) is 5.71. The molecule has 1 aromatic rings. The van der Waals surface area contributed by atoms with E-state index in [1.807, 2.05) is 7.11 Å². The van der Waals surface area contributed by atoms with E-state index in [9.17, 15) is 0 Å². The first-order valence-electron chi connectivity index (χ1n) is 7.82. The Hall–Kier alpha value is -1.06. The van der Waals surface area contributed by atoms with Crippen LogP contribution in [0.5, 0.6) is 0 Å². The van der Waals surface area contributed by atoms with Gasteiger partial charge in [0, 0.05) is 32.4 Å². The van der Waals surface area contributed by atoms with Crippen LogP contribution < -0.4 is 10.2 Å². The van der Waals surface area contributed by atoms with Gasteiger partial charge in [-0.2, -0.15) is 0 Å². The van der Waals surface area contributed by atoms with E-state index in [2.05, 4.69) is 42.3 Å². The number of piperidine rings is 1. The van der Waals surface area contributed by atoms with E-state index in [1.54, 1.807) is 0 Å². The van der Waals surface area contributed by atoms with Gasteiger partial charge in [-0.3, -0.25) is 0 Å². The Morgan fingerprint density at radius 3 is 2.65 bits per heavy atom. The molecule has 0 amide bonds. The van der Waals surface area contributed by atoms with Crippen molar-refractivity contribution < 1.29 is 4.74 Å². The van der Waals surface area contributed by atoms with Crippen molar-refractivity contribution in [2.45, 2.75) is 45.8 Å². The highest BCUT2D eigenvalue weighted by Gasteiger charge is 2.19. The van der Waals surface area contributed by atoms with Gasteiger partial charge >= 0.3 is 0 Å². The number of nitrogens with one attached hydrogen (secondary N) is 1. The maximum atomic E-state index is 5.44. The molecular formula is C17H28N2O. The zero-order valence-corrected chi connectivity index (χ0v) is 13.1. The minimum Gasteiger partial charge on any atom is -0.381 e. The lowest BCUT2D eigenvalue weighted by molar-refractivity contribution is 0.0819. The summed E-state index contributed by atoms with van der Waals surface area (Å²) in [5.74, 6) is 0. The van der Waals surface area contributed by atoms with E-state index in [0.717, 1.165) is 39.0 Å². The quantitative estimate of drug-likeness (QED) is 0.808. The van der Waals surface area contributed by atoms with Gasteiger partial charge in [-0.05, 0) is 56.0 Å². The molecular weight excluding hydrogens is 248 g/mol. The number of methoxy groups -OCH3 is 1. The van der Waals surface area contributed by atoms with Crippen molar-refractivity contribution >= 4 is 5.69 Å². The van der Waals surface area contributed by atoms with Crippen LogP contribution in [0, 0.1) is 6.92 Å². The van der Waals surface area contributed by atoms with Crippen molar-refractivity contribution in [2.24, 2.45) is 0 Å². The zero-order valence-electron chi connectivity index (χ0n) is 13.1. The normalized spacial score (nSPS) is 16.6. The first-order valence-corrected chi connectivity index (χ1v) is 7.82. The van der Waals surface area contributed by atoms with Gasteiger partial charge in [0.15, 0.2) is 0 Å². The summed E-state index contributed by atoms with van der Waals surface area (Å²) in [6.07, 6.45) is 3.90. The summed E-state index contributed by atoms with van der Waals surface area (Å²) in [5, 5.41) is 3.47. The van der Waals surface area contributed by atoms with Crippen LogP contribution >= 0.6 is 0 Å². The molecule has 1 aliphatic rings. The maximum absolute atomic E-state index is 5.44. The molecule has 1 heterocycles. The predicted molar refractivity (Wildman–Crippen MR) is 85.4 cm³/mol. The van der Waals surface area contributed by atoms with Crippen LogP contribution in [-0.4, -0.2) is 32.8 Å². The molecule has 20 heavy (non-hydrogen) atoms. The molecule has 1 fully saturated rings. The summed E-state index contributed by atoms with van der Waals surface area (Å²) in [5.41, 5.74) is 4.16. The van der Waals surface area contributed by atoms with E-state index >= 15 is 0 Å². The minimum atomic E-state index is 0.449. The molecule has 0 atom stereocenters. The Morgan fingerprint density at radius 2 is 2.05 bits per heavy atom.